The van der Waals surface area contributed by atoms with Crippen molar-refractivity contribution in [3.63, 3.8) is 0 Å². The van der Waals surface area contributed by atoms with E-state index in [0.717, 1.165) is 12.1 Å². The number of anilines is 1. The molecular formula is C20H16F3N5O2. The summed E-state index contributed by atoms with van der Waals surface area (Å²) in [4.78, 5) is 20.5. The molecule has 1 aromatic heterocycles. The summed E-state index contributed by atoms with van der Waals surface area (Å²) in [6.45, 7) is 3.01. The van der Waals surface area contributed by atoms with Gasteiger partial charge in [-0.15, -0.1) is 0 Å². The number of nitriles is 1. The molecule has 1 aliphatic heterocycles. The Kier molecular flexibility index (Phi) is 5.47. The van der Waals surface area contributed by atoms with E-state index in [1.807, 2.05) is 6.07 Å². The standard InChI is InChI=1S/C20H16F3N5O2/c1-10-5-11(8-24)9-26-16(10)18(29)27-12-3-4-14(21)13(6-12)20(2)7-15(17(22)23)30-19(25)28-20/h3-7,9,17H,1-2H3,(H2,25,28)(H,27,29)/t20-/m0/s1. The molecule has 3 N–H and O–H groups in total. The van der Waals surface area contributed by atoms with E-state index in [2.05, 4.69) is 15.3 Å². The molecule has 154 valence electrons. The number of carbonyl (C=O) groups excluding carboxylic acids is 1. The number of nitrogens with one attached hydrogen (secondary N) is 1. The van der Waals surface area contributed by atoms with Crippen LogP contribution in [0.5, 0.6) is 0 Å². The Labute approximate surface area is 169 Å². The summed E-state index contributed by atoms with van der Waals surface area (Å²) >= 11 is 0. The predicted molar refractivity (Wildman–Crippen MR) is 102 cm³/mol. The Bertz CT molecular complexity index is 1120. The fraction of sp³-hybridized carbons (Fsp3) is 0.200. The number of ether oxygens (including phenoxy) is 1. The van der Waals surface area contributed by atoms with E-state index in [1.54, 1.807) is 6.92 Å². The SMILES string of the molecule is Cc1cc(C#N)cnc1C(=O)Nc1ccc(F)c([C@]2(C)C=C(C(F)F)OC(N)=N2)c1. The van der Waals surface area contributed by atoms with Crippen LogP contribution in [0.1, 0.15) is 34.1 Å². The van der Waals surface area contributed by atoms with Crippen LogP contribution >= 0.6 is 0 Å². The van der Waals surface area contributed by atoms with Gasteiger partial charge in [-0.1, -0.05) is 0 Å². The van der Waals surface area contributed by atoms with Crippen molar-refractivity contribution in [3.8, 4) is 6.07 Å². The van der Waals surface area contributed by atoms with Gasteiger partial charge >= 0.3 is 0 Å². The number of amides is 1. The Hall–Kier alpha value is -3.87. The zero-order valence-electron chi connectivity index (χ0n) is 15.9. The zero-order valence-corrected chi connectivity index (χ0v) is 15.9. The highest BCUT2D eigenvalue weighted by atomic mass is 19.3. The lowest BCUT2D eigenvalue weighted by atomic mass is 9.90. The van der Waals surface area contributed by atoms with Crippen molar-refractivity contribution in [1.29, 1.82) is 5.26 Å². The number of benzene rings is 1. The fourth-order valence-corrected chi connectivity index (χ4v) is 3.01. The molecule has 2 aromatic rings. The van der Waals surface area contributed by atoms with Crippen LogP contribution < -0.4 is 11.1 Å². The molecule has 0 aliphatic carbocycles. The Morgan fingerprint density at radius 1 is 1.37 bits per heavy atom. The molecule has 3 rings (SSSR count). The molecule has 0 saturated heterocycles. The van der Waals surface area contributed by atoms with Crippen molar-refractivity contribution in [3.05, 3.63) is 70.5 Å². The number of amidine groups is 1. The molecule has 10 heteroatoms. The van der Waals surface area contributed by atoms with Gasteiger partial charge in [-0.2, -0.15) is 5.26 Å². The number of aromatic nitrogens is 1. The molecule has 30 heavy (non-hydrogen) atoms. The minimum absolute atomic E-state index is 0.0827. The van der Waals surface area contributed by atoms with Crippen LogP contribution in [0.25, 0.3) is 0 Å². The van der Waals surface area contributed by atoms with Gasteiger partial charge in [0.2, 0.25) is 0 Å². The second-order valence-electron chi connectivity index (χ2n) is 6.70. The fourth-order valence-electron chi connectivity index (χ4n) is 3.01. The van der Waals surface area contributed by atoms with Gasteiger partial charge in [0.15, 0.2) is 5.76 Å². The smallest absolute Gasteiger partial charge is 0.295 e. The predicted octanol–water partition coefficient (Wildman–Crippen LogP) is 3.36. The van der Waals surface area contributed by atoms with Gasteiger partial charge in [-0.25, -0.2) is 23.1 Å². The summed E-state index contributed by atoms with van der Waals surface area (Å²) in [5, 5.41) is 11.5. The first kappa shape index (κ1) is 20.9. The van der Waals surface area contributed by atoms with Crippen LogP contribution in [-0.4, -0.2) is 23.3 Å². The average Bonchev–Trinajstić information content (AvgIpc) is 2.68. The van der Waals surface area contributed by atoms with Gasteiger partial charge in [0.1, 0.15) is 23.1 Å². The third kappa shape index (κ3) is 4.10. The first-order chi connectivity index (χ1) is 14.1. The largest absolute Gasteiger partial charge is 0.425 e. The highest BCUT2D eigenvalue weighted by molar-refractivity contribution is 6.03. The highest BCUT2D eigenvalue weighted by Crippen LogP contribution is 2.36. The topological polar surface area (TPSA) is 113 Å². The third-order valence-corrected chi connectivity index (χ3v) is 4.40. The molecule has 1 atom stereocenters. The van der Waals surface area contributed by atoms with E-state index >= 15 is 0 Å². The summed E-state index contributed by atoms with van der Waals surface area (Å²) in [5.74, 6) is -2.05. The number of nitrogens with zero attached hydrogens (tertiary/aromatic N) is 3. The van der Waals surface area contributed by atoms with Crippen LogP contribution in [0.4, 0.5) is 18.9 Å². The van der Waals surface area contributed by atoms with E-state index in [4.69, 9.17) is 15.7 Å². The Morgan fingerprint density at radius 3 is 2.73 bits per heavy atom. The third-order valence-electron chi connectivity index (χ3n) is 4.40. The first-order valence-electron chi connectivity index (χ1n) is 8.65. The molecule has 0 unspecified atom stereocenters. The summed E-state index contributed by atoms with van der Waals surface area (Å²) in [5.41, 5.74) is 4.89. The van der Waals surface area contributed by atoms with Gasteiger partial charge in [-0.05, 0) is 49.8 Å². The van der Waals surface area contributed by atoms with Crippen molar-refractivity contribution >= 4 is 17.6 Å². The van der Waals surface area contributed by atoms with Crippen LogP contribution in [0.3, 0.4) is 0 Å². The number of hydrogen-bond donors (Lipinski definition) is 2. The molecule has 0 saturated carbocycles. The van der Waals surface area contributed by atoms with E-state index < -0.39 is 35.5 Å². The second-order valence-corrected chi connectivity index (χ2v) is 6.70. The maximum absolute atomic E-state index is 14.5. The molecule has 7 nitrogen and oxygen atoms in total. The highest BCUT2D eigenvalue weighted by Gasteiger charge is 2.34. The number of hydrogen-bond acceptors (Lipinski definition) is 6. The summed E-state index contributed by atoms with van der Waals surface area (Å²) in [6.07, 6.45) is -0.727. The molecular weight excluding hydrogens is 399 g/mol. The quantitative estimate of drug-likeness (QED) is 0.795. The first-order valence-corrected chi connectivity index (χ1v) is 8.65. The molecule has 0 radical (unpaired) electrons. The monoisotopic (exact) mass is 415 g/mol. The number of alkyl halides is 2. The molecule has 0 fully saturated rings. The van der Waals surface area contributed by atoms with Gasteiger partial charge in [0, 0.05) is 17.4 Å². The van der Waals surface area contributed by atoms with Gasteiger partial charge in [0.25, 0.3) is 18.4 Å². The number of allylic oxidation sites excluding steroid dienone is 1. The summed E-state index contributed by atoms with van der Waals surface area (Å²) in [7, 11) is 0. The molecule has 1 amide bonds. The summed E-state index contributed by atoms with van der Waals surface area (Å²) < 4.78 is 45.4. The number of rotatable bonds is 4. The Balaban J connectivity index is 1.95. The van der Waals surface area contributed by atoms with Gasteiger partial charge in [0.05, 0.1) is 5.56 Å². The number of carbonyl (C=O) groups is 1. The van der Waals surface area contributed by atoms with Crippen molar-refractivity contribution in [2.75, 3.05) is 5.32 Å². The van der Waals surface area contributed by atoms with Gasteiger partial charge in [-0.3, -0.25) is 4.79 Å². The normalized spacial score (nSPS) is 18.2. The van der Waals surface area contributed by atoms with E-state index in [1.165, 1.54) is 31.3 Å². The molecule has 0 bridgehead atoms. The molecule has 2 heterocycles. The maximum Gasteiger partial charge on any atom is 0.295 e. The van der Waals surface area contributed by atoms with Crippen LogP contribution in [0.2, 0.25) is 0 Å². The van der Waals surface area contributed by atoms with Crippen LogP contribution in [0.15, 0.2) is 47.3 Å². The zero-order chi connectivity index (χ0) is 22.1. The van der Waals surface area contributed by atoms with E-state index in [0.29, 0.717) is 11.1 Å². The van der Waals surface area contributed by atoms with E-state index in [-0.39, 0.29) is 16.9 Å². The van der Waals surface area contributed by atoms with Crippen molar-refractivity contribution in [2.24, 2.45) is 10.7 Å². The summed E-state index contributed by atoms with van der Waals surface area (Å²) in [6, 6.07) is 6.56. The Morgan fingerprint density at radius 2 is 2.10 bits per heavy atom. The number of pyridine rings is 1. The van der Waals surface area contributed by atoms with Gasteiger partial charge < -0.3 is 15.8 Å². The molecule has 1 aromatic carbocycles. The van der Waals surface area contributed by atoms with Crippen molar-refractivity contribution in [1.82, 2.24) is 4.98 Å². The lowest BCUT2D eigenvalue weighted by Gasteiger charge is -2.28. The number of nitrogens with two attached hydrogens (primary N) is 1. The number of halogens is 3. The molecule has 0 spiro atoms. The maximum atomic E-state index is 14.5. The molecule has 1 aliphatic rings. The van der Waals surface area contributed by atoms with Crippen molar-refractivity contribution in [2.45, 2.75) is 25.8 Å². The van der Waals surface area contributed by atoms with Crippen LogP contribution in [-0.2, 0) is 10.3 Å². The van der Waals surface area contributed by atoms with Crippen LogP contribution in [0, 0.1) is 24.1 Å². The number of aryl methyl sites for hydroxylation is 1. The van der Waals surface area contributed by atoms with Crippen molar-refractivity contribution < 1.29 is 22.7 Å². The second kappa shape index (κ2) is 7.87. The van der Waals surface area contributed by atoms with E-state index in [9.17, 15) is 18.0 Å². The average molecular weight is 415 g/mol. The lowest BCUT2D eigenvalue weighted by Crippen LogP contribution is -2.32. The minimum atomic E-state index is -2.96. The lowest BCUT2D eigenvalue weighted by molar-refractivity contribution is 0.102. The number of aliphatic imine (C=N–C) groups is 1. The minimum Gasteiger partial charge on any atom is -0.425 e.